The maximum absolute atomic E-state index is 12.0. The van der Waals surface area contributed by atoms with Gasteiger partial charge in [0.15, 0.2) is 0 Å². The molecule has 0 atom stereocenters. The van der Waals surface area contributed by atoms with Gasteiger partial charge in [-0.2, -0.15) is 5.10 Å². The molecule has 0 aliphatic carbocycles. The van der Waals surface area contributed by atoms with Crippen LogP contribution < -0.4 is 5.32 Å². The monoisotopic (exact) mass is 296 g/mol. The second-order valence-corrected chi connectivity index (χ2v) is 4.97. The van der Waals surface area contributed by atoms with E-state index in [1.165, 1.54) is 0 Å². The number of ether oxygens (including phenoxy) is 1. The lowest BCUT2D eigenvalue weighted by Crippen LogP contribution is -2.45. The van der Waals surface area contributed by atoms with Gasteiger partial charge in [-0.1, -0.05) is 0 Å². The summed E-state index contributed by atoms with van der Waals surface area (Å²) in [4.78, 5) is 24.1. The summed E-state index contributed by atoms with van der Waals surface area (Å²) in [5.41, 5.74) is 0.926. The number of aromatic nitrogens is 2. The number of piperidine rings is 1. The van der Waals surface area contributed by atoms with Crippen LogP contribution in [0.4, 0.5) is 4.79 Å². The Morgan fingerprint density at radius 1 is 1.48 bits per heavy atom. The second kappa shape index (κ2) is 7.63. The molecule has 0 radical (unpaired) electrons. The number of carbonyl (C=O) groups excluding carboxylic acids is 1. The van der Waals surface area contributed by atoms with Gasteiger partial charge in [0.1, 0.15) is 0 Å². The lowest BCUT2D eigenvalue weighted by molar-refractivity contribution is -0.138. The van der Waals surface area contributed by atoms with Gasteiger partial charge in [0.25, 0.3) is 0 Å². The number of carboxylic acids is 1. The minimum Gasteiger partial charge on any atom is -0.481 e. The van der Waals surface area contributed by atoms with E-state index in [1.54, 1.807) is 17.3 Å². The number of carboxylic acid groups (broad SMARTS) is 1. The van der Waals surface area contributed by atoms with Crippen molar-refractivity contribution < 1.29 is 19.4 Å². The van der Waals surface area contributed by atoms with Crippen LogP contribution in [0.5, 0.6) is 0 Å². The van der Waals surface area contributed by atoms with Crippen LogP contribution in [-0.4, -0.2) is 58.0 Å². The van der Waals surface area contributed by atoms with Crippen LogP contribution in [0.15, 0.2) is 12.4 Å². The minimum absolute atomic E-state index is 0.0192. The zero-order valence-electron chi connectivity index (χ0n) is 11.7. The quantitative estimate of drug-likeness (QED) is 0.711. The molecule has 0 aromatic carbocycles. The number of amides is 2. The first-order chi connectivity index (χ1) is 10.1. The molecule has 0 spiro atoms. The Kier molecular flexibility index (Phi) is 5.56. The van der Waals surface area contributed by atoms with Crippen molar-refractivity contribution in [3.8, 4) is 0 Å². The molecule has 116 valence electrons. The molecule has 1 saturated heterocycles. The molecule has 3 N–H and O–H groups in total. The normalized spacial score (nSPS) is 15.9. The molecule has 2 amide bonds. The Morgan fingerprint density at radius 2 is 2.24 bits per heavy atom. The van der Waals surface area contributed by atoms with E-state index in [2.05, 4.69) is 15.5 Å². The maximum atomic E-state index is 12.0. The molecule has 8 nitrogen and oxygen atoms in total. The molecular formula is C13H20N4O4. The smallest absolute Gasteiger partial charge is 0.317 e. The average Bonchev–Trinajstić information content (AvgIpc) is 2.98. The zero-order chi connectivity index (χ0) is 15.1. The van der Waals surface area contributed by atoms with Crippen molar-refractivity contribution in [3.63, 3.8) is 0 Å². The van der Waals surface area contributed by atoms with Crippen molar-refractivity contribution in [2.45, 2.75) is 31.9 Å². The summed E-state index contributed by atoms with van der Waals surface area (Å²) < 4.78 is 5.49. The van der Waals surface area contributed by atoms with Gasteiger partial charge in [-0.15, -0.1) is 0 Å². The first-order valence-electron chi connectivity index (χ1n) is 6.99. The van der Waals surface area contributed by atoms with Crippen LogP contribution in [0.1, 0.15) is 24.8 Å². The van der Waals surface area contributed by atoms with E-state index < -0.39 is 5.97 Å². The lowest BCUT2D eigenvalue weighted by atomic mass is 10.1. The van der Waals surface area contributed by atoms with Crippen LogP contribution in [0.25, 0.3) is 0 Å². The van der Waals surface area contributed by atoms with E-state index in [0.717, 1.165) is 18.4 Å². The highest BCUT2D eigenvalue weighted by Gasteiger charge is 2.23. The van der Waals surface area contributed by atoms with Crippen LogP contribution in [0.2, 0.25) is 0 Å². The lowest BCUT2D eigenvalue weighted by Gasteiger charge is -2.31. The van der Waals surface area contributed by atoms with E-state index in [9.17, 15) is 9.59 Å². The molecule has 8 heteroatoms. The molecule has 21 heavy (non-hydrogen) atoms. The number of H-pyrrole nitrogens is 1. The van der Waals surface area contributed by atoms with Gasteiger partial charge in [0, 0.05) is 31.4 Å². The molecule has 1 aromatic heterocycles. The largest absolute Gasteiger partial charge is 0.481 e. The summed E-state index contributed by atoms with van der Waals surface area (Å²) in [6.07, 6.45) is 4.94. The van der Waals surface area contributed by atoms with Crippen LogP contribution >= 0.6 is 0 Å². The molecule has 2 heterocycles. The highest BCUT2D eigenvalue weighted by Crippen LogP contribution is 2.14. The topological polar surface area (TPSA) is 108 Å². The van der Waals surface area contributed by atoms with Crippen molar-refractivity contribution in [1.29, 1.82) is 0 Å². The average molecular weight is 296 g/mol. The predicted octanol–water partition coefficient (Wildman–Crippen LogP) is 0.575. The van der Waals surface area contributed by atoms with E-state index in [1.807, 2.05) is 0 Å². The molecule has 0 unspecified atom stereocenters. The third-order valence-corrected chi connectivity index (χ3v) is 3.40. The highest BCUT2D eigenvalue weighted by molar-refractivity contribution is 5.74. The fourth-order valence-corrected chi connectivity index (χ4v) is 2.20. The standard InChI is InChI=1S/C13H20N4O4/c18-12(19)3-6-21-11-1-4-17(5-2-11)13(20)14-7-10-8-15-16-9-10/h8-9,11H,1-7H2,(H,14,20)(H,15,16)(H,18,19). The highest BCUT2D eigenvalue weighted by atomic mass is 16.5. The fourth-order valence-electron chi connectivity index (χ4n) is 2.20. The van der Waals surface area contributed by atoms with Crippen LogP contribution in [-0.2, 0) is 16.1 Å². The fraction of sp³-hybridized carbons (Fsp3) is 0.615. The van der Waals surface area contributed by atoms with Gasteiger partial charge >= 0.3 is 12.0 Å². The van der Waals surface area contributed by atoms with E-state index >= 15 is 0 Å². The Morgan fingerprint density at radius 3 is 2.86 bits per heavy atom. The Balaban J connectivity index is 1.63. The molecule has 1 fully saturated rings. The number of aromatic amines is 1. The summed E-state index contributed by atoms with van der Waals surface area (Å²) in [5, 5.41) is 17.9. The number of nitrogens with one attached hydrogen (secondary N) is 2. The summed E-state index contributed by atoms with van der Waals surface area (Å²) >= 11 is 0. The van der Waals surface area contributed by atoms with Gasteiger partial charge in [-0.05, 0) is 12.8 Å². The molecule has 1 aromatic rings. The maximum Gasteiger partial charge on any atom is 0.317 e. The van der Waals surface area contributed by atoms with Gasteiger partial charge in [0.05, 0.1) is 25.3 Å². The van der Waals surface area contributed by atoms with Gasteiger partial charge in [-0.25, -0.2) is 4.79 Å². The summed E-state index contributed by atoms with van der Waals surface area (Å²) in [7, 11) is 0. The van der Waals surface area contributed by atoms with E-state index in [-0.39, 0.29) is 25.2 Å². The van der Waals surface area contributed by atoms with Gasteiger partial charge in [-0.3, -0.25) is 9.89 Å². The predicted molar refractivity (Wildman–Crippen MR) is 73.6 cm³/mol. The number of carbonyl (C=O) groups is 2. The molecule has 1 aliphatic heterocycles. The molecule has 1 aliphatic rings. The number of hydrogen-bond donors (Lipinski definition) is 3. The van der Waals surface area contributed by atoms with Crippen molar-refractivity contribution in [2.75, 3.05) is 19.7 Å². The van der Waals surface area contributed by atoms with Crippen molar-refractivity contribution in [3.05, 3.63) is 18.0 Å². The van der Waals surface area contributed by atoms with Crippen LogP contribution in [0, 0.1) is 0 Å². The summed E-state index contributed by atoms with van der Waals surface area (Å²) in [6, 6.07) is -0.0971. The number of aliphatic carboxylic acids is 1. The summed E-state index contributed by atoms with van der Waals surface area (Å²) in [6.45, 7) is 1.92. The summed E-state index contributed by atoms with van der Waals surface area (Å²) in [5.74, 6) is -0.855. The number of nitrogens with zero attached hydrogens (tertiary/aromatic N) is 2. The second-order valence-electron chi connectivity index (χ2n) is 4.97. The van der Waals surface area contributed by atoms with Gasteiger partial charge < -0.3 is 20.1 Å². The number of urea groups is 1. The van der Waals surface area contributed by atoms with E-state index in [0.29, 0.717) is 19.6 Å². The number of rotatable bonds is 6. The number of likely N-dealkylation sites (tertiary alicyclic amines) is 1. The minimum atomic E-state index is -0.855. The molecule has 2 rings (SSSR count). The first-order valence-corrected chi connectivity index (χ1v) is 6.99. The zero-order valence-corrected chi connectivity index (χ0v) is 11.7. The van der Waals surface area contributed by atoms with Crippen molar-refractivity contribution >= 4 is 12.0 Å². The Hall–Kier alpha value is -2.09. The first kappa shape index (κ1) is 15.3. The molecule has 0 bridgehead atoms. The Labute approximate surface area is 122 Å². The van der Waals surface area contributed by atoms with Crippen LogP contribution in [0.3, 0.4) is 0 Å². The molecular weight excluding hydrogens is 276 g/mol. The number of hydrogen-bond acceptors (Lipinski definition) is 4. The third-order valence-electron chi connectivity index (χ3n) is 3.40. The van der Waals surface area contributed by atoms with E-state index in [4.69, 9.17) is 9.84 Å². The van der Waals surface area contributed by atoms with Gasteiger partial charge in [0.2, 0.25) is 0 Å². The molecule has 0 saturated carbocycles. The van der Waals surface area contributed by atoms with Crippen molar-refractivity contribution in [1.82, 2.24) is 20.4 Å². The Bertz CT molecular complexity index is 455. The SMILES string of the molecule is O=C(O)CCOC1CCN(C(=O)NCc2cn[nH]c2)CC1. The van der Waals surface area contributed by atoms with Crippen molar-refractivity contribution in [2.24, 2.45) is 0 Å². The third kappa shape index (κ3) is 5.07.